The predicted molar refractivity (Wildman–Crippen MR) is 54.3 cm³/mol. The zero-order valence-electron chi connectivity index (χ0n) is 8.33. The van der Waals surface area contributed by atoms with E-state index in [2.05, 4.69) is 44.8 Å². The van der Waals surface area contributed by atoms with Crippen molar-refractivity contribution in [3.63, 3.8) is 0 Å². The van der Waals surface area contributed by atoms with Gasteiger partial charge in [0, 0.05) is 17.8 Å². The van der Waals surface area contributed by atoms with Gasteiger partial charge in [0.05, 0.1) is 0 Å². The molecule has 12 heavy (non-hydrogen) atoms. The average Bonchev–Trinajstić information content (AvgIpc) is 2.15. The summed E-state index contributed by atoms with van der Waals surface area (Å²) in [5, 5.41) is 0. The Balaban J connectivity index is 2.92. The Bertz CT molecular complexity index is 246. The molecule has 0 bridgehead atoms. The van der Waals surface area contributed by atoms with E-state index in [1.54, 1.807) is 0 Å². The lowest BCUT2D eigenvalue weighted by molar-refractivity contribution is 0.424. The van der Waals surface area contributed by atoms with Crippen LogP contribution in [-0.2, 0) is 0 Å². The highest BCUT2D eigenvalue weighted by Gasteiger charge is 2.23. The smallest absolute Gasteiger partial charge is 0.0293 e. The Morgan fingerprint density at radius 3 is 2.67 bits per heavy atom. The lowest BCUT2D eigenvalue weighted by Gasteiger charge is -2.24. The Morgan fingerprint density at radius 1 is 1.42 bits per heavy atom. The average molecular weight is 163 g/mol. The Morgan fingerprint density at radius 2 is 2.08 bits per heavy atom. The van der Waals surface area contributed by atoms with E-state index in [9.17, 15) is 0 Å². The van der Waals surface area contributed by atoms with Crippen molar-refractivity contribution >= 4 is 6.21 Å². The molecule has 66 valence electrons. The molecule has 1 atom stereocenters. The third-order valence-electron chi connectivity index (χ3n) is 2.58. The largest absolute Gasteiger partial charge is 0.268 e. The van der Waals surface area contributed by atoms with Crippen LogP contribution in [-0.4, -0.2) is 6.21 Å². The molecule has 0 fully saturated rings. The number of hydrogen-bond donors (Lipinski definition) is 0. The summed E-state index contributed by atoms with van der Waals surface area (Å²) >= 11 is 0. The maximum absolute atomic E-state index is 4.28. The number of aliphatic imine (C=N–C) groups is 1. The quantitative estimate of drug-likeness (QED) is 0.563. The molecular weight excluding hydrogens is 146 g/mol. The van der Waals surface area contributed by atoms with Crippen LogP contribution in [0.1, 0.15) is 27.7 Å². The van der Waals surface area contributed by atoms with Crippen molar-refractivity contribution in [2.45, 2.75) is 27.7 Å². The highest BCUT2D eigenvalue weighted by atomic mass is 14.7. The standard InChI is InChI=1S/C11H17N/c1-9(2)11(4)6-5-10(3)7-12-8-11/h5-9H,1-4H3. The van der Waals surface area contributed by atoms with Gasteiger partial charge in [0.25, 0.3) is 0 Å². The van der Waals surface area contributed by atoms with Gasteiger partial charge in [-0.1, -0.05) is 32.9 Å². The van der Waals surface area contributed by atoms with E-state index in [1.165, 1.54) is 5.57 Å². The van der Waals surface area contributed by atoms with Crippen molar-refractivity contribution in [1.82, 2.24) is 0 Å². The minimum Gasteiger partial charge on any atom is -0.268 e. The van der Waals surface area contributed by atoms with E-state index in [0.717, 1.165) is 0 Å². The van der Waals surface area contributed by atoms with Crippen LogP contribution < -0.4 is 0 Å². The molecule has 0 aliphatic carbocycles. The summed E-state index contributed by atoms with van der Waals surface area (Å²) in [5.74, 6) is 0.594. The van der Waals surface area contributed by atoms with Crippen LogP contribution in [0, 0.1) is 11.3 Å². The van der Waals surface area contributed by atoms with E-state index < -0.39 is 0 Å². The van der Waals surface area contributed by atoms with Crippen molar-refractivity contribution in [1.29, 1.82) is 0 Å². The topological polar surface area (TPSA) is 12.4 Å². The first kappa shape index (κ1) is 9.24. The molecular formula is C11H17N. The molecule has 0 saturated heterocycles. The normalized spacial score (nSPS) is 28.9. The summed E-state index contributed by atoms with van der Waals surface area (Å²) in [7, 11) is 0. The van der Waals surface area contributed by atoms with Crippen molar-refractivity contribution in [2.24, 2.45) is 16.3 Å². The lowest BCUT2D eigenvalue weighted by atomic mass is 9.80. The second kappa shape index (κ2) is 3.26. The van der Waals surface area contributed by atoms with E-state index in [4.69, 9.17) is 0 Å². The Kier molecular flexibility index (Phi) is 2.51. The van der Waals surface area contributed by atoms with Gasteiger partial charge in [-0.25, -0.2) is 0 Å². The van der Waals surface area contributed by atoms with Crippen molar-refractivity contribution in [3.05, 3.63) is 23.9 Å². The van der Waals surface area contributed by atoms with Crippen LogP contribution in [0.3, 0.4) is 0 Å². The Hall–Kier alpha value is -0.850. The van der Waals surface area contributed by atoms with Gasteiger partial charge in [0.1, 0.15) is 0 Å². The molecule has 1 unspecified atom stereocenters. The maximum atomic E-state index is 4.28. The number of hydrogen-bond acceptors (Lipinski definition) is 1. The lowest BCUT2D eigenvalue weighted by Crippen LogP contribution is -2.21. The van der Waals surface area contributed by atoms with E-state index >= 15 is 0 Å². The van der Waals surface area contributed by atoms with Gasteiger partial charge in [0.15, 0.2) is 0 Å². The van der Waals surface area contributed by atoms with Crippen LogP contribution >= 0.6 is 0 Å². The van der Waals surface area contributed by atoms with Gasteiger partial charge in [-0.05, 0) is 18.4 Å². The minimum absolute atomic E-state index is 0.119. The molecule has 0 aromatic rings. The third-order valence-corrected chi connectivity index (χ3v) is 2.58. The first-order valence-corrected chi connectivity index (χ1v) is 4.45. The highest BCUT2D eigenvalue weighted by molar-refractivity contribution is 5.70. The van der Waals surface area contributed by atoms with Crippen molar-refractivity contribution < 1.29 is 0 Å². The second-order valence-electron chi connectivity index (χ2n) is 4.01. The maximum Gasteiger partial charge on any atom is 0.0293 e. The number of rotatable bonds is 1. The zero-order valence-corrected chi connectivity index (χ0v) is 8.33. The Labute approximate surface area is 74.9 Å². The van der Waals surface area contributed by atoms with Crippen LogP contribution in [0.4, 0.5) is 0 Å². The highest BCUT2D eigenvalue weighted by Crippen LogP contribution is 2.28. The molecule has 1 aliphatic rings. The first-order valence-electron chi connectivity index (χ1n) is 4.45. The van der Waals surface area contributed by atoms with Crippen LogP contribution in [0.15, 0.2) is 28.9 Å². The minimum atomic E-state index is 0.119. The number of allylic oxidation sites excluding steroid dienone is 3. The molecule has 0 amide bonds. The van der Waals surface area contributed by atoms with Gasteiger partial charge < -0.3 is 0 Å². The third kappa shape index (κ3) is 1.84. The molecule has 1 aliphatic heterocycles. The van der Waals surface area contributed by atoms with Crippen molar-refractivity contribution in [3.8, 4) is 0 Å². The molecule has 1 rings (SSSR count). The molecule has 0 aromatic carbocycles. The van der Waals surface area contributed by atoms with Gasteiger partial charge in [0.2, 0.25) is 0 Å². The molecule has 0 saturated carbocycles. The van der Waals surface area contributed by atoms with Crippen molar-refractivity contribution in [2.75, 3.05) is 0 Å². The SMILES string of the molecule is CC1=CN=CC(C)(C(C)C)C=C1. The summed E-state index contributed by atoms with van der Waals surface area (Å²) in [6, 6.07) is 0. The molecule has 1 nitrogen and oxygen atoms in total. The second-order valence-corrected chi connectivity index (χ2v) is 4.01. The van der Waals surface area contributed by atoms with Gasteiger partial charge >= 0.3 is 0 Å². The molecule has 1 heterocycles. The van der Waals surface area contributed by atoms with Crippen LogP contribution in [0.2, 0.25) is 0 Å². The van der Waals surface area contributed by atoms with E-state index in [0.29, 0.717) is 5.92 Å². The summed E-state index contributed by atoms with van der Waals surface area (Å²) in [6.07, 6.45) is 8.32. The molecule has 0 spiro atoms. The first-order chi connectivity index (χ1) is 5.54. The van der Waals surface area contributed by atoms with Gasteiger partial charge in [-0.2, -0.15) is 0 Å². The molecule has 0 aromatic heterocycles. The van der Waals surface area contributed by atoms with E-state index in [-0.39, 0.29) is 5.41 Å². The van der Waals surface area contributed by atoms with E-state index in [1.807, 2.05) is 12.4 Å². The zero-order chi connectivity index (χ0) is 9.19. The van der Waals surface area contributed by atoms with Gasteiger partial charge in [-0.15, -0.1) is 0 Å². The monoisotopic (exact) mass is 163 g/mol. The van der Waals surface area contributed by atoms with Crippen LogP contribution in [0.5, 0.6) is 0 Å². The fourth-order valence-corrected chi connectivity index (χ4v) is 1.05. The molecule has 1 heteroatoms. The summed E-state index contributed by atoms with van der Waals surface area (Å²) in [6.45, 7) is 8.72. The van der Waals surface area contributed by atoms with Crippen LogP contribution in [0.25, 0.3) is 0 Å². The fourth-order valence-electron chi connectivity index (χ4n) is 1.05. The van der Waals surface area contributed by atoms with Gasteiger partial charge in [-0.3, -0.25) is 4.99 Å². The number of nitrogens with zero attached hydrogens (tertiary/aromatic N) is 1. The molecule has 0 radical (unpaired) electrons. The fraction of sp³-hybridized carbons (Fsp3) is 0.545. The summed E-state index contributed by atoms with van der Waals surface area (Å²) in [4.78, 5) is 4.28. The summed E-state index contributed by atoms with van der Waals surface area (Å²) < 4.78 is 0. The summed E-state index contributed by atoms with van der Waals surface area (Å²) in [5.41, 5.74) is 1.34. The molecule has 0 N–H and O–H groups in total. The predicted octanol–water partition coefficient (Wildman–Crippen LogP) is 3.19.